The smallest absolute Gasteiger partial charge is 0.388 e. The van der Waals surface area contributed by atoms with Gasteiger partial charge in [-0.1, -0.05) is 57.6 Å². The van der Waals surface area contributed by atoms with Gasteiger partial charge in [-0.25, -0.2) is 4.57 Å². The Balaban J connectivity index is 3.35. The summed E-state index contributed by atoms with van der Waals surface area (Å²) in [4.78, 5) is 9.30. The molecule has 0 aromatic carbocycles. The van der Waals surface area contributed by atoms with E-state index in [9.17, 15) is 14.6 Å². The Kier molecular flexibility index (Phi) is 19.8. The highest BCUT2D eigenvalue weighted by Gasteiger charge is 2.22. The molecule has 0 heterocycles. The number of ether oxygens (including phenoxy) is 1. The van der Waals surface area contributed by atoms with Crippen molar-refractivity contribution in [1.29, 1.82) is 0 Å². The molecular formula is C20H42NO6P. The van der Waals surface area contributed by atoms with Crippen molar-refractivity contribution in [3.05, 3.63) is 12.2 Å². The van der Waals surface area contributed by atoms with Gasteiger partial charge in [0.1, 0.15) is 6.10 Å². The average Bonchev–Trinajstić information content (AvgIpc) is 2.68. The van der Waals surface area contributed by atoms with Crippen molar-refractivity contribution in [3.63, 3.8) is 0 Å². The van der Waals surface area contributed by atoms with Gasteiger partial charge in [0.15, 0.2) is 0 Å². The average molecular weight is 424 g/mol. The van der Waals surface area contributed by atoms with E-state index in [2.05, 4.69) is 28.1 Å². The number of hydrogen-bond donors (Lipinski definition) is 3. The molecule has 8 heteroatoms. The standard InChI is InChI=1S/C20H42NO6P/c1-2-3-4-5-6-7-8-9-10-11-12-13-14-16-25-18-20(22)19-27-28(23,24)26-17-15-21/h6-7,20,22H,2-5,8-19,21H2,1H3,(H,23,24)/b7-6-. The van der Waals surface area contributed by atoms with Gasteiger partial charge < -0.3 is 20.5 Å². The lowest BCUT2D eigenvalue weighted by Crippen LogP contribution is -2.22. The van der Waals surface area contributed by atoms with E-state index >= 15 is 0 Å². The summed E-state index contributed by atoms with van der Waals surface area (Å²) < 4.78 is 26.0. The zero-order chi connectivity index (χ0) is 20.9. The highest BCUT2D eigenvalue weighted by molar-refractivity contribution is 7.47. The van der Waals surface area contributed by atoms with E-state index in [-0.39, 0.29) is 26.4 Å². The summed E-state index contributed by atoms with van der Waals surface area (Å²) in [5.74, 6) is 0. The third kappa shape index (κ3) is 20.5. The first-order chi connectivity index (χ1) is 13.5. The second kappa shape index (κ2) is 20.0. The summed E-state index contributed by atoms with van der Waals surface area (Å²) >= 11 is 0. The van der Waals surface area contributed by atoms with Gasteiger partial charge in [-0.15, -0.1) is 0 Å². The lowest BCUT2D eigenvalue weighted by molar-refractivity contribution is 0.00230. The van der Waals surface area contributed by atoms with Crippen LogP contribution in [0.25, 0.3) is 0 Å². The first kappa shape index (κ1) is 27.7. The molecule has 0 aliphatic carbocycles. The molecule has 7 nitrogen and oxygen atoms in total. The van der Waals surface area contributed by atoms with Crippen LogP contribution in [0.5, 0.6) is 0 Å². The van der Waals surface area contributed by atoms with Crippen molar-refractivity contribution < 1.29 is 28.3 Å². The molecule has 0 saturated heterocycles. The SMILES string of the molecule is CCCCC/C=C\CCCCCCCCOCC(O)COP(=O)(O)OCCN. The second-order valence-corrected chi connectivity index (χ2v) is 8.45. The maximum atomic E-state index is 11.4. The molecule has 0 radical (unpaired) electrons. The van der Waals surface area contributed by atoms with E-state index < -0.39 is 13.9 Å². The third-order valence-electron chi connectivity index (χ3n) is 4.16. The summed E-state index contributed by atoms with van der Waals surface area (Å²) in [6.07, 6.45) is 17.0. The van der Waals surface area contributed by atoms with Crippen LogP contribution in [0, 0.1) is 0 Å². The zero-order valence-electron chi connectivity index (χ0n) is 17.6. The number of allylic oxidation sites excluding steroid dienone is 2. The molecule has 0 aliphatic heterocycles. The Morgan fingerprint density at radius 3 is 2.14 bits per heavy atom. The zero-order valence-corrected chi connectivity index (χ0v) is 18.5. The van der Waals surface area contributed by atoms with Crippen LogP contribution in [0.4, 0.5) is 0 Å². The Morgan fingerprint density at radius 1 is 0.893 bits per heavy atom. The van der Waals surface area contributed by atoms with Gasteiger partial charge in [0.05, 0.1) is 19.8 Å². The van der Waals surface area contributed by atoms with E-state index in [0.717, 1.165) is 12.8 Å². The third-order valence-corrected chi connectivity index (χ3v) is 5.15. The van der Waals surface area contributed by atoms with Crippen LogP contribution in [0.3, 0.4) is 0 Å². The molecule has 0 aromatic rings. The highest BCUT2D eigenvalue weighted by Crippen LogP contribution is 2.42. The van der Waals surface area contributed by atoms with Crippen LogP contribution in [-0.2, 0) is 18.3 Å². The monoisotopic (exact) mass is 423 g/mol. The number of hydrogen-bond acceptors (Lipinski definition) is 6. The van der Waals surface area contributed by atoms with Gasteiger partial charge in [-0.05, 0) is 32.1 Å². The number of phosphoric acid groups is 1. The van der Waals surface area contributed by atoms with Crippen LogP contribution < -0.4 is 5.73 Å². The number of phosphoric ester groups is 1. The normalized spacial score (nSPS) is 15.1. The predicted octanol–water partition coefficient (Wildman–Crippen LogP) is 4.32. The second-order valence-electron chi connectivity index (χ2n) is 6.99. The number of nitrogens with two attached hydrogens (primary N) is 1. The summed E-state index contributed by atoms with van der Waals surface area (Å²) in [5, 5.41) is 9.67. The number of rotatable bonds is 21. The highest BCUT2D eigenvalue weighted by atomic mass is 31.2. The molecule has 0 fully saturated rings. The van der Waals surface area contributed by atoms with Crippen LogP contribution in [-0.4, -0.2) is 49.1 Å². The molecule has 0 saturated carbocycles. The lowest BCUT2D eigenvalue weighted by atomic mass is 10.1. The maximum Gasteiger partial charge on any atom is 0.472 e. The topological polar surface area (TPSA) is 111 Å². The van der Waals surface area contributed by atoms with E-state index in [0.29, 0.717) is 6.61 Å². The fourth-order valence-corrected chi connectivity index (χ4v) is 3.35. The fraction of sp³-hybridized carbons (Fsp3) is 0.900. The van der Waals surface area contributed by atoms with Gasteiger partial charge in [0.25, 0.3) is 0 Å². The van der Waals surface area contributed by atoms with Crippen molar-refractivity contribution in [2.45, 2.75) is 83.7 Å². The summed E-state index contributed by atoms with van der Waals surface area (Å²) in [7, 11) is -4.14. The van der Waals surface area contributed by atoms with Crippen LogP contribution in [0.2, 0.25) is 0 Å². The molecule has 0 spiro atoms. The van der Waals surface area contributed by atoms with Gasteiger partial charge in [0, 0.05) is 13.2 Å². The Labute approximate surface area is 171 Å². The van der Waals surface area contributed by atoms with Crippen LogP contribution in [0.1, 0.15) is 77.6 Å². The molecule has 168 valence electrons. The van der Waals surface area contributed by atoms with Crippen molar-refractivity contribution in [1.82, 2.24) is 0 Å². The minimum atomic E-state index is -4.14. The predicted molar refractivity (Wildman–Crippen MR) is 113 cm³/mol. The molecular weight excluding hydrogens is 381 g/mol. The van der Waals surface area contributed by atoms with Gasteiger partial charge in [-0.2, -0.15) is 0 Å². The Bertz CT molecular complexity index is 408. The molecule has 0 aliphatic rings. The molecule has 2 atom stereocenters. The quantitative estimate of drug-likeness (QED) is 0.143. The van der Waals surface area contributed by atoms with Crippen molar-refractivity contribution in [3.8, 4) is 0 Å². The maximum absolute atomic E-state index is 11.4. The molecule has 0 rings (SSSR count). The molecule has 4 N–H and O–H groups in total. The lowest BCUT2D eigenvalue weighted by Gasteiger charge is -2.15. The summed E-state index contributed by atoms with van der Waals surface area (Å²) in [5.41, 5.74) is 5.18. The van der Waals surface area contributed by atoms with E-state index in [1.165, 1.54) is 57.8 Å². The fourth-order valence-electron chi connectivity index (χ4n) is 2.57. The summed E-state index contributed by atoms with van der Waals surface area (Å²) in [6, 6.07) is 0. The van der Waals surface area contributed by atoms with Crippen LogP contribution >= 0.6 is 7.82 Å². The number of aliphatic hydroxyl groups excluding tert-OH is 1. The Morgan fingerprint density at radius 2 is 1.50 bits per heavy atom. The largest absolute Gasteiger partial charge is 0.472 e. The molecule has 2 unspecified atom stereocenters. The van der Waals surface area contributed by atoms with Crippen LogP contribution in [0.15, 0.2) is 12.2 Å². The van der Waals surface area contributed by atoms with Crippen molar-refractivity contribution in [2.75, 3.05) is 33.0 Å². The first-order valence-electron chi connectivity index (χ1n) is 10.7. The van der Waals surface area contributed by atoms with Crippen molar-refractivity contribution >= 4 is 7.82 Å². The molecule has 0 bridgehead atoms. The van der Waals surface area contributed by atoms with E-state index in [1.54, 1.807) is 0 Å². The van der Waals surface area contributed by atoms with Gasteiger partial charge >= 0.3 is 7.82 Å². The van der Waals surface area contributed by atoms with Crippen molar-refractivity contribution in [2.24, 2.45) is 5.73 Å². The molecule has 0 amide bonds. The van der Waals surface area contributed by atoms with Gasteiger partial charge in [-0.3, -0.25) is 9.05 Å². The van der Waals surface area contributed by atoms with Gasteiger partial charge in [0.2, 0.25) is 0 Å². The minimum Gasteiger partial charge on any atom is -0.388 e. The minimum absolute atomic E-state index is 0.0709. The van der Waals surface area contributed by atoms with E-state index in [4.69, 9.17) is 10.5 Å². The number of aliphatic hydroxyl groups is 1. The summed E-state index contributed by atoms with van der Waals surface area (Å²) in [6.45, 7) is 2.60. The molecule has 0 aromatic heterocycles. The Hall–Kier alpha value is -0.270. The number of unbranched alkanes of at least 4 members (excludes halogenated alkanes) is 9. The first-order valence-corrected chi connectivity index (χ1v) is 12.2. The van der Waals surface area contributed by atoms with E-state index in [1.807, 2.05) is 0 Å². The molecule has 28 heavy (non-hydrogen) atoms.